The van der Waals surface area contributed by atoms with Gasteiger partial charge in [0.25, 0.3) is 5.91 Å². The normalized spacial score (nSPS) is 10.4. The minimum Gasteiger partial charge on any atom is -0.495 e. The third-order valence-electron chi connectivity index (χ3n) is 3.02. The van der Waals surface area contributed by atoms with Crippen LogP contribution in [0, 0.1) is 0 Å². The summed E-state index contributed by atoms with van der Waals surface area (Å²) in [5.41, 5.74) is 7.37. The summed E-state index contributed by atoms with van der Waals surface area (Å²) in [5, 5.41) is 3.33. The second-order valence-corrected chi connectivity index (χ2v) is 5.09. The molecule has 0 radical (unpaired) electrons. The van der Waals surface area contributed by atoms with Crippen LogP contribution in [0.2, 0.25) is 5.02 Å². The van der Waals surface area contributed by atoms with Crippen molar-refractivity contribution < 1.29 is 9.53 Å². The Morgan fingerprint density at radius 3 is 2.86 bits per heavy atom. The maximum Gasteiger partial charge on any atom is 0.272 e. The van der Waals surface area contributed by atoms with Crippen molar-refractivity contribution in [3.63, 3.8) is 0 Å². The van der Waals surface area contributed by atoms with E-state index in [0.717, 1.165) is 13.0 Å². The van der Waals surface area contributed by atoms with Crippen LogP contribution < -0.4 is 15.8 Å². The third kappa shape index (κ3) is 3.49. The standard InChI is InChI=1S/C15H18ClN3O2/c1-3-6-19-9-11(17)8-13(19)15(20)18-12-7-10(16)4-5-14(12)21-2/h4-5,7-9H,3,6,17H2,1-2H3,(H,18,20). The number of benzene rings is 1. The molecule has 0 unspecified atom stereocenters. The largest absolute Gasteiger partial charge is 0.495 e. The van der Waals surface area contributed by atoms with Crippen molar-refractivity contribution in [1.29, 1.82) is 0 Å². The van der Waals surface area contributed by atoms with Gasteiger partial charge in [-0.1, -0.05) is 18.5 Å². The molecule has 0 aliphatic rings. The third-order valence-corrected chi connectivity index (χ3v) is 3.26. The number of carbonyl (C=O) groups excluding carboxylic acids is 1. The van der Waals surface area contributed by atoms with Crippen molar-refractivity contribution >= 4 is 28.9 Å². The first kappa shape index (κ1) is 15.3. The fourth-order valence-electron chi connectivity index (χ4n) is 2.11. The van der Waals surface area contributed by atoms with E-state index in [2.05, 4.69) is 5.32 Å². The predicted molar refractivity (Wildman–Crippen MR) is 85.1 cm³/mol. The molecule has 0 aliphatic heterocycles. The number of carbonyl (C=O) groups is 1. The van der Waals surface area contributed by atoms with E-state index in [-0.39, 0.29) is 5.91 Å². The molecule has 2 aromatic rings. The number of hydrogen-bond acceptors (Lipinski definition) is 3. The molecule has 5 nitrogen and oxygen atoms in total. The van der Waals surface area contributed by atoms with E-state index in [1.807, 2.05) is 11.5 Å². The fraction of sp³-hybridized carbons (Fsp3) is 0.267. The molecule has 21 heavy (non-hydrogen) atoms. The van der Waals surface area contributed by atoms with Crippen LogP contribution in [-0.2, 0) is 6.54 Å². The maximum absolute atomic E-state index is 12.4. The lowest BCUT2D eigenvalue weighted by atomic mass is 10.2. The first-order chi connectivity index (χ1) is 10.0. The quantitative estimate of drug-likeness (QED) is 0.889. The molecule has 1 amide bonds. The molecule has 1 aromatic carbocycles. The second kappa shape index (κ2) is 6.54. The number of anilines is 2. The molecule has 3 N–H and O–H groups in total. The summed E-state index contributed by atoms with van der Waals surface area (Å²) >= 11 is 5.96. The lowest BCUT2D eigenvalue weighted by molar-refractivity contribution is 0.101. The number of nitrogens with two attached hydrogens (primary N) is 1. The molecular weight excluding hydrogens is 290 g/mol. The number of amides is 1. The summed E-state index contributed by atoms with van der Waals surface area (Å²) < 4.78 is 7.05. The summed E-state index contributed by atoms with van der Waals surface area (Å²) in [5.74, 6) is 0.301. The first-order valence-corrected chi connectivity index (χ1v) is 7.03. The molecule has 1 aromatic heterocycles. The molecule has 0 spiro atoms. The summed E-state index contributed by atoms with van der Waals surface area (Å²) in [4.78, 5) is 12.4. The summed E-state index contributed by atoms with van der Waals surface area (Å²) in [6.45, 7) is 2.77. The zero-order valence-electron chi connectivity index (χ0n) is 12.0. The Morgan fingerprint density at radius 1 is 1.43 bits per heavy atom. The Hall–Kier alpha value is -2.14. The Morgan fingerprint density at radius 2 is 2.19 bits per heavy atom. The minimum atomic E-state index is -0.249. The van der Waals surface area contributed by atoms with Gasteiger partial charge in [0.1, 0.15) is 11.4 Å². The van der Waals surface area contributed by atoms with Gasteiger partial charge in [-0.15, -0.1) is 0 Å². The van der Waals surface area contributed by atoms with E-state index in [1.54, 1.807) is 30.5 Å². The molecule has 0 saturated heterocycles. The van der Waals surface area contributed by atoms with Gasteiger partial charge in [-0.05, 0) is 30.7 Å². The van der Waals surface area contributed by atoms with E-state index in [0.29, 0.717) is 27.8 Å². The van der Waals surface area contributed by atoms with Gasteiger partial charge in [-0.25, -0.2) is 0 Å². The van der Waals surface area contributed by atoms with E-state index < -0.39 is 0 Å². The van der Waals surface area contributed by atoms with Crippen molar-refractivity contribution in [3.05, 3.63) is 41.2 Å². The Bertz CT molecular complexity index is 652. The monoisotopic (exact) mass is 307 g/mol. The number of nitrogens with one attached hydrogen (secondary N) is 1. The van der Waals surface area contributed by atoms with Crippen molar-refractivity contribution in [2.24, 2.45) is 0 Å². The number of methoxy groups -OCH3 is 1. The molecule has 112 valence electrons. The minimum absolute atomic E-state index is 0.249. The van der Waals surface area contributed by atoms with Crippen molar-refractivity contribution in [3.8, 4) is 5.75 Å². The average molecular weight is 308 g/mol. The highest BCUT2D eigenvalue weighted by Crippen LogP contribution is 2.28. The van der Waals surface area contributed by atoms with Crippen LogP contribution in [0.5, 0.6) is 5.75 Å². The number of aromatic nitrogens is 1. The Labute approximate surface area is 128 Å². The van der Waals surface area contributed by atoms with Crippen molar-refractivity contribution in [1.82, 2.24) is 4.57 Å². The first-order valence-electron chi connectivity index (χ1n) is 6.65. The van der Waals surface area contributed by atoms with E-state index >= 15 is 0 Å². The molecule has 0 aliphatic carbocycles. The SMILES string of the molecule is CCCn1cc(N)cc1C(=O)Nc1cc(Cl)ccc1OC. The number of ether oxygens (including phenoxy) is 1. The van der Waals surface area contributed by atoms with Gasteiger partial charge in [0, 0.05) is 17.8 Å². The number of hydrogen-bond donors (Lipinski definition) is 2. The topological polar surface area (TPSA) is 69.3 Å². The lowest BCUT2D eigenvalue weighted by Crippen LogP contribution is -2.17. The van der Waals surface area contributed by atoms with Gasteiger partial charge < -0.3 is 20.4 Å². The molecule has 0 atom stereocenters. The summed E-state index contributed by atoms with van der Waals surface area (Å²) in [7, 11) is 1.54. The fourth-order valence-corrected chi connectivity index (χ4v) is 2.29. The maximum atomic E-state index is 12.4. The van der Waals surface area contributed by atoms with Gasteiger partial charge in [0.2, 0.25) is 0 Å². The second-order valence-electron chi connectivity index (χ2n) is 4.65. The molecular formula is C15H18ClN3O2. The van der Waals surface area contributed by atoms with Crippen LogP contribution in [-0.4, -0.2) is 17.6 Å². The van der Waals surface area contributed by atoms with Crippen LogP contribution in [0.15, 0.2) is 30.5 Å². The molecule has 2 rings (SSSR count). The van der Waals surface area contributed by atoms with Gasteiger partial charge >= 0.3 is 0 Å². The molecule has 0 fully saturated rings. The molecule has 0 saturated carbocycles. The zero-order chi connectivity index (χ0) is 15.4. The van der Waals surface area contributed by atoms with Crippen LogP contribution in [0.1, 0.15) is 23.8 Å². The number of nitrogen functional groups attached to an aromatic ring is 1. The van der Waals surface area contributed by atoms with E-state index in [9.17, 15) is 4.79 Å². The van der Waals surface area contributed by atoms with Gasteiger partial charge in [0.05, 0.1) is 18.5 Å². The zero-order valence-corrected chi connectivity index (χ0v) is 12.8. The highest BCUT2D eigenvalue weighted by Gasteiger charge is 2.15. The number of aryl methyl sites for hydroxylation is 1. The van der Waals surface area contributed by atoms with Gasteiger partial charge in [-0.2, -0.15) is 0 Å². The molecule has 1 heterocycles. The average Bonchev–Trinajstić information content (AvgIpc) is 2.80. The molecule has 0 bridgehead atoms. The summed E-state index contributed by atoms with van der Waals surface area (Å²) in [6, 6.07) is 6.71. The van der Waals surface area contributed by atoms with Crippen LogP contribution in [0.25, 0.3) is 0 Å². The van der Waals surface area contributed by atoms with Gasteiger partial charge in [-0.3, -0.25) is 4.79 Å². The lowest BCUT2D eigenvalue weighted by Gasteiger charge is -2.12. The van der Waals surface area contributed by atoms with Gasteiger partial charge in [0.15, 0.2) is 0 Å². The van der Waals surface area contributed by atoms with E-state index in [4.69, 9.17) is 22.1 Å². The summed E-state index contributed by atoms with van der Waals surface area (Å²) in [6.07, 6.45) is 2.67. The Balaban J connectivity index is 2.28. The predicted octanol–water partition coefficient (Wildman–Crippen LogP) is 3.39. The van der Waals surface area contributed by atoms with Crippen molar-refractivity contribution in [2.75, 3.05) is 18.2 Å². The highest BCUT2D eigenvalue weighted by molar-refractivity contribution is 6.31. The van der Waals surface area contributed by atoms with Crippen LogP contribution in [0.3, 0.4) is 0 Å². The number of halogens is 1. The Kier molecular flexibility index (Phi) is 4.75. The van der Waals surface area contributed by atoms with Crippen molar-refractivity contribution in [2.45, 2.75) is 19.9 Å². The molecule has 6 heteroatoms. The van der Waals surface area contributed by atoms with Crippen LogP contribution in [0.4, 0.5) is 11.4 Å². The number of nitrogens with zero attached hydrogens (tertiary/aromatic N) is 1. The number of rotatable bonds is 5. The highest BCUT2D eigenvalue weighted by atomic mass is 35.5. The smallest absolute Gasteiger partial charge is 0.272 e. The van der Waals surface area contributed by atoms with Crippen LogP contribution >= 0.6 is 11.6 Å². The van der Waals surface area contributed by atoms with E-state index in [1.165, 1.54) is 7.11 Å².